The van der Waals surface area contributed by atoms with Crippen molar-refractivity contribution in [3.63, 3.8) is 0 Å². The van der Waals surface area contributed by atoms with Crippen molar-refractivity contribution in [3.05, 3.63) is 99.2 Å². The molecule has 7 heteroatoms. The molecule has 0 unspecified atom stereocenters. The SMILES string of the molecule is O=C(Cn1c(CCCCCNC(=O)c2ccc(Br)cc2)nc2ccccc21)c1ccc(Cl)cc1. The van der Waals surface area contributed by atoms with E-state index in [-0.39, 0.29) is 18.2 Å². The van der Waals surface area contributed by atoms with Gasteiger partial charge in [0.2, 0.25) is 0 Å². The molecule has 3 aromatic carbocycles. The third-order valence-corrected chi connectivity index (χ3v) is 6.45. The highest BCUT2D eigenvalue weighted by Gasteiger charge is 2.15. The van der Waals surface area contributed by atoms with Crippen LogP contribution in [0.25, 0.3) is 11.0 Å². The van der Waals surface area contributed by atoms with Crippen molar-refractivity contribution >= 4 is 50.3 Å². The van der Waals surface area contributed by atoms with Gasteiger partial charge in [0.1, 0.15) is 5.82 Å². The molecule has 0 atom stereocenters. The number of ketones is 1. The van der Waals surface area contributed by atoms with Crippen molar-refractivity contribution in [3.8, 4) is 0 Å². The molecule has 0 bridgehead atoms. The standard InChI is InChI=1S/C27H25BrClN3O2/c28-21-13-9-20(10-14-21)27(34)30-17-5-1-2-8-26-31-23-6-3-4-7-24(23)32(26)18-25(33)19-11-15-22(29)16-12-19/h3-4,6-7,9-16H,1-2,5,8,17-18H2,(H,30,34). The van der Waals surface area contributed by atoms with Crippen LogP contribution in [0.4, 0.5) is 0 Å². The number of carbonyl (C=O) groups is 2. The minimum Gasteiger partial charge on any atom is -0.352 e. The van der Waals surface area contributed by atoms with Gasteiger partial charge in [-0.25, -0.2) is 4.98 Å². The number of nitrogens with one attached hydrogen (secondary N) is 1. The molecule has 0 aliphatic heterocycles. The van der Waals surface area contributed by atoms with Crippen LogP contribution in [0.3, 0.4) is 0 Å². The molecule has 4 aromatic rings. The van der Waals surface area contributed by atoms with Gasteiger partial charge in [-0.3, -0.25) is 9.59 Å². The number of para-hydroxylation sites is 2. The lowest BCUT2D eigenvalue weighted by atomic mass is 10.1. The zero-order valence-electron chi connectivity index (χ0n) is 18.6. The van der Waals surface area contributed by atoms with E-state index in [9.17, 15) is 9.59 Å². The predicted octanol–water partition coefficient (Wildman–Crippen LogP) is 6.48. The summed E-state index contributed by atoms with van der Waals surface area (Å²) >= 11 is 9.33. The maximum atomic E-state index is 12.9. The monoisotopic (exact) mass is 537 g/mol. The summed E-state index contributed by atoms with van der Waals surface area (Å²) in [5.74, 6) is 0.870. The molecular formula is C27H25BrClN3O2. The second-order valence-corrected chi connectivity index (χ2v) is 9.46. The number of aromatic nitrogens is 2. The van der Waals surface area contributed by atoms with Gasteiger partial charge in [0.15, 0.2) is 5.78 Å². The predicted molar refractivity (Wildman–Crippen MR) is 140 cm³/mol. The topological polar surface area (TPSA) is 64.0 Å². The molecule has 1 aromatic heterocycles. The summed E-state index contributed by atoms with van der Waals surface area (Å²) in [5, 5.41) is 3.58. The van der Waals surface area contributed by atoms with Crippen LogP contribution in [-0.2, 0) is 13.0 Å². The number of benzene rings is 3. The van der Waals surface area contributed by atoms with Gasteiger partial charge >= 0.3 is 0 Å². The summed E-state index contributed by atoms with van der Waals surface area (Å²) in [5.41, 5.74) is 3.14. The maximum absolute atomic E-state index is 12.9. The van der Waals surface area contributed by atoms with E-state index in [0.717, 1.165) is 47.0 Å². The molecule has 34 heavy (non-hydrogen) atoms. The minimum atomic E-state index is -0.0602. The third kappa shape index (κ3) is 6.13. The molecule has 174 valence electrons. The molecule has 0 radical (unpaired) electrons. The van der Waals surface area contributed by atoms with Crippen LogP contribution in [-0.4, -0.2) is 27.8 Å². The first-order valence-electron chi connectivity index (χ1n) is 11.3. The van der Waals surface area contributed by atoms with E-state index in [2.05, 4.69) is 21.2 Å². The van der Waals surface area contributed by atoms with E-state index in [4.69, 9.17) is 16.6 Å². The van der Waals surface area contributed by atoms with Crippen LogP contribution in [0.15, 0.2) is 77.3 Å². The lowest BCUT2D eigenvalue weighted by Crippen LogP contribution is -2.24. The third-order valence-electron chi connectivity index (χ3n) is 5.67. The number of imidazole rings is 1. The molecule has 4 rings (SSSR count). The molecule has 0 spiro atoms. The molecule has 0 saturated carbocycles. The highest BCUT2D eigenvalue weighted by atomic mass is 79.9. The fraction of sp³-hybridized carbons (Fsp3) is 0.222. The van der Waals surface area contributed by atoms with E-state index in [1.54, 1.807) is 36.4 Å². The van der Waals surface area contributed by atoms with E-state index in [1.807, 2.05) is 41.0 Å². The summed E-state index contributed by atoms with van der Waals surface area (Å²) in [6.45, 7) is 0.862. The Bertz CT molecular complexity index is 1280. The summed E-state index contributed by atoms with van der Waals surface area (Å²) in [6, 6.07) is 22.2. The first kappa shape index (κ1) is 24.2. The van der Waals surface area contributed by atoms with Crippen LogP contribution < -0.4 is 5.32 Å². The number of aryl methyl sites for hydroxylation is 1. The van der Waals surface area contributed by atoms with Crippen molar-refractivity contribution in [1.82, 2.24) is 14.9 Å². The number of amides is 1. The summed E-state index contributed by atoms with van der Waals surface area (Å²) in [6.07, 6.45) is 3.52. The Labute approximate surface area is 212 Å². The molecule has 1 heterocycles. The second kappa shape index (κ2) is 11.4. The van der Waals surface area contributed by atoms with Gasteiger partial charge in [0, 0.05) is 33.6 Å². The number of rotatable bonds is 10. The summed E-state index contributed by atoms with van der Waals surface area (Å²) in [7, 11) is 0. The fourth-order valence-corrected chi connectivity index (χ4v) is 4.24. The number of carbonyl (C=O) groups excluding carboxylic acids is 2. The number of fused-ring (bicyclic) bond motifs is 1. The van der Waals surface area contributed by atoms with Gasteiger partial charge in [0.25, 0.3) is 5.91 Å². The Morgan fingerprint density at radius 3 is 2.35 bits per heavy atom. The van der Waals surface area contributed by atoms with Crippen molar-refractivity contribution in [2.75, 3.05) is 6.54 Å². The largest absolute Gasteiger partial charge is 0.352 e. The normalized spacial score (nSPS) is 11.0. The lowest BCUT2D eigenvalue weighted by Gasteiger charge is -2.09. The van der Waals surface area contributed by atoms with Gasteiger partial charge in [-0.15, -0.1) is 0 Å². The van der Waals surface area contributed by atoms with Crippen molar-refractivity contribution in [2.45, 2.75) is 32.2 Å². The summed E-state index contributed by atoms with van der Waals surface area (Å²) < 4.78 is 2.96. The zero-order chi connectivity index (χ0) is 23.9. The Morgan fingerprint density at radius 2 is 1.59 bits per heavy atom. The smallest absolute Gasteiger partial charge is 0.251 e. The quantitative estimate of drug-likeness (QED) is 0.186. The van der Waals surface area contributed by atoms with Crippen molar-refractivity contribution in [1.29, 1.82) is 0 Å². The van der Waals surface area contributed by atoms with Crippen LogP contribution in [0.2, 0.25) is 5.02 Å². The van der Waals surface area contributed by atoms with E-state index in [0.29, 0.717) is 22.7 Å². The fourth-order valence-electron chi connectivity index (χ4n) is 3.85. The van der Waals surface area contributed by atoms with Crippen LogP contribution in [0.5, 0.6) is 0 Å². The van der Waals surface area contributed by atoms with Gasteiger partial charge < -0.3 is 9.88 Å². The van der Waals surface area contributed by atoms with Crippen molar-refractivity contribution < 1.29 is 9.59 Å². The molecule has 1 amide bonds. The first-order chi connectivity index (χ1) is 16.5. The maximum Gasteiger partial charge on any atom is 0.251 e. The molecule has 5 nitrogen and oxygen atoms in total. The number of unbranched alkanes of at least 4 members (excludes halogenated alkanes) is 2. The Morgan fingerprint density at radius 1 is 0.882 bits per heavy atom. The Balaban J connectivity index is 1.33. The number of hydrogen-bond donors (Lipinski definition) is 1. The minimum absolute atomic E-state index is 0.0247. The average Bonchev–Trinajstić information content (AvgIpc) is 3.19. The lowest BCUT2D eigenvalue weighted by molar-refractivity contribution is 0.0950. The van der Waals surface area contributed by atoms with Crippen LogP contribution in [0.1, 0.15) is 45.8 Å². The molecule has 0 fully saturated rings. The first-order valence-corrected chi connectivity index (χ1v) is 12.4. The van der Waals surface area contributed by atoms with E-state index in [1.165, 1.54) is 0 Å². The average molecular weight is 539 g/mol. The van der Waals surface area contributed by atoms with E-state index >= 15 is 0 Å². The Hall–Kier alpha value is -2.96. The van der Waals surface area contributed by atoms with Gasteiger partial charge in [-0.05, 0) is 73.5 Å². The molecule has 0 saturated heterocycles. The van der Waals surface area contributed by atoms with Crippen molar-refractivity contribution in [2.24, 2.45) is 0 Å². The second-order valence-electron chi connectivity index (χ2n) is 8.11. The Kier molecular flexibility index (Phi) is 8.14. The summed E-state index contributed by atoms with van der Waals surface area (Å²) in [4.78, 5) is 29.9. The number of nitrogens with zero attached hydrogens (tertiary/aromatic N) is 2. The molecule has 0 aliphatic rings. The van der Waals surface area contributed by atoms with E-state index < -0.39 is 0 Å². The number of halogens is 2. The number of Topliss-reactive ketones (excluding diaryl/α,β-unsaturated/α-hetero) is 1. The highest BCUT2D eigenvalue weighted by molar-refractivity contribution is 9.10. The van der Waals surface area contributed by atoms with Crippen LogP contribution in [0, 0.1) is 0 Å². The van der Waals surface area contributed by atoms with Crippen LogP contribution >= 0.6 is 27.5 Å². The van der Waals surface area contributed by atoms with Gasteiger partial charge in [0.05, 0.1) is 17.6 Å². The molecule has 0 aliphatic carbocycles. The number of hydrogen-bond acceptors (Lipinski definition) is 3. The molecule has 1 N–H and O–H groups in total. The molecular weight excluding hydrogens is 514 g/mol. The van der Waals surface area contributed by atoms with Gasteiger partial charge in [-0.2, -0.15) is 0 Å². The highest BCUT2D eigenvalue weighted by Crippen LogP contribution is 2.19. The zero-order valence-corrected chi connectivity index (χ0v) is 21.0. The van der Waals surface area contributed by atoms with Gasteiger partial charge in [-0.1, -0.05) is 46.1 Å².